The average molecular weight is 534 g/mol. The molecule has 196 valence electrons. The summed E-state index contributed by atoms with van der Waals surface area (Å²) in [5.74, 6) is 0. The van der Waals surface area contributed by atoms with Crippen molar-refractivity contribution in [3.8, 4) is 44.8 Å². The number of nitrogens with zero attached hydrogens (tertiary/aromatic N) is 1. The predicted molar refractivity (Wildman–Crippen MR) is 178 cm³/mol. The summed E-state index contributed by atoms with van der Waals surface area (Å²) in [5, 5.41) is 7.51. The van der Waals surface area contributed by atoms with Crippen LogP contribution in [0.1, 0.15) is 0 Å². The van der Waals surface area contributed by atoms with E-state index in [2.05, 4.69) is 164 Å². The molecule has 0 aliphatic carbocycles. The highest BCUT2D eigenvalue weighted by Gasteiger charge is 2.17. The molecule has 0 amide bonds. The summed E-state index contributed by atoms with van der Waals surface area (Å²) in [6.45, 7) is 0. The van der Waals surface area contributed by atoms with E-state index in [1.807, 2.05) is 0 Å². The van der Waals surface area contributed by atoms with E-state index in [-0.39, 0.29) is 0 Å². The molecule has 42 heavy (non-hydrogen) atoms. The van der Waals surface area contributed by atoms with Gasteiger partial charge in [0.05, 0.1) is 11.4 Å². The van der Waals surface area contributed by atoms with E-state index in [9.17, 15) is 0 Å². The molecule has 0 radical (unpaired) electrons. The maximum atomic E-state index is 5.37. The monoisotopic (exact) mass is 533 g/mol. The molecule has 0 aliphatic heterocycles. The van der Waals surface area contributed by atoms with Gasteiger partial charge in [0.15, 0.2) is 0 Å². The van der Waals surface area contributed by atoms with Crippen molar-refractivity contribution in [1.29, 1.82) is 0 Å². The molecule has 1 heteroatoms. The average Bonchev–Trinajstić information content (AvgIpc) is 3.09. The summed E-state index contributed by atoms with van der Waals surface area (Å²) in [5.41, 5.74) is 8.90. The Labute approximate surface area is 245 Å². The standard InChI is InChI=1S/C41H27N/c1-4-14-28(15-5-1)31-24-37-35-22-11-10-20-33(35)34-21-12-13-23-36(34)41(37)38(25-31)40-27-32(29-16-6-2-7-17-29)26-39(42-40)30-18-8-3-9-19-30/h1-27H. The van der Waals surface area contributed by atoms with Crippen LogP contribution >= 0.6 is 0 Å². The van der Waals surface area contributed by atoms with Crippen LogP contribution in [0.2, 0.25) is 0 Å². The van der Waals surface area contributed by atoms with Crippen LogP contribution in [0.15, 0.2) is 164 Å². The van der Waals surface area contributed by atoms with Crippen molar-refractivity contribution in [3.05, 3.63) is 164 Å². The van der Waals surface area contributed by atoms with Gasteiger partial charge in [0.2, 0.25) is 0 Å². The second kappa shape index (κ2) is 10.1. The lowest BCUT2D eigenvalue weighted by atomic mass is 9.87. The highest BCUT2D eigenvalue weighted by Crippen LogP contribution is 2.43. The minimum Gasteiger partial charge on any atom is -0.248 e. The zero-order valence-electron chi connectivity index (χ0n) is 23.0. The third kappa shape index (κ3) is 4.15. The van der Waals surface area contributed by atoms with E-state index in [0.29, 0.717) is 0 Å². The zero-order chi connectivity index (χ0) is 27.9. The van der Waals surface area contributed by atoms with Crippen molar-refractivity contribution >= 4 is 32.3 Å². The first kappa shape index (κ1) is 24.3. The molecule has 8 aromatic rings. The summed E-state index contributed by atoms with van der Waals surface area (Å²) in [7, 11) is 0. The number of aromatic nitrogens is 1. The normalized spacial score (nSPS) is 11.3. The topological polar surface area (TPSA) is 12.9 Å². The van der Waals surface area contributed by atoms with Crippen LogP contribution in [0.4, 0.5) is 0 Å². The third-order valence-corrected chi connectivity index (χ3v) is 8.23. The number of hydrogen-bond donors (Lipinski definition) is 0. The zero-order valence-corrected chi connectivity index (χ0v) is 23.0. The van der Waals surface area contributed by atoms with Crippen molar-refractivity contribution in [1.82, 2.24) is 4.98 Å². The van der Waals surface area contributed by atoms with E-state index in [1.54, 1.807) is 0 Å². The third-order valence-electron chi connectivity index (χ3n) is 8.23. The van der Waals surface area contributed by atoms with Crippen LogP contribution in [0.3, 0.4) is 0 Å². The lowest BCUT2D eigenvalue weighted by Crippen LogP contribution is -1.94. The van der Waals surface area contributed by atoms with Gasteiger partial charge in [-0.3, -0.25) is 0 Å². The second-order valence-electron chi connectivity index (χ2n) is 10.8. The lowest BCUT2D eigenvalue weighted by molar-refractivity contribution is 1.33. The van der Waals surface area contributed by atoms with Gasteiger partial charge in [-0.05, 0) is 78.8 Å². The van der Waals surface area contributed by atoms with Gasteiger partial charge in [-0.2, -0.15) is 0 Å². The molecule has 8 rings (SSSR count). The Morgan fingerprint density at radius 3 is 1.31 bits per heavy atom. The molecule has 1 aromatic heterocycles. The molecule has 0 bridgehead atoms. The van der Waals surface area contributed by atoms with Gasteiger partial charge < -0.3 is 0 Å². The van der Waals surface area contributed by atoms with E-state index >= 15 is 0 Å². The van der Waals surface area contributed by atoms with Crippen molar-refractivity contribution < 1.29 is 0 Å². The first-order chi connectivity index (χ1) is 20.8. The Kier molecular flexibility index (Phi) is 5.86. The van der Waals surface area contributed by atoms with Crippen LogP contribution in [-0.4, -0.2) is 4.98 Å². The maximum Gasteiger partial charge on any atom is 0.0722 e. The van der Waals surface area contributed by atoms with Gasteiger partial charge in [0.1, 0.15) is 0 Å². The van der Waals surface area contributed by atoms with Gasteiger partial charge in [0.25, 0.3) is 0 Å². The molecule has 0 atom stereocenters. The predicted octanol–water partition coefficient (Wildman–Crippen LogP) is 11.2. The van der Waals surface area contributed by atoms with E-state index in [4.69, 9.17) is 4.98 Å². The molecule has 1 heterocycles. The van der Waals surface area contributed by atoms with Crippen LogP contribution in [0, 0.1) is 0 Å². The number of rotatable bonds is 4. The molecule has 0 spiro atoms. The largest absolute Gasteiger partial charge is 0.248 e. The Bertz CT molecular complexity index is 2160. The van der Waals surface area contributed by atoms with Crippen molar-refractivity contribution in [3.63, 3.8) is 0 Å². The highest BCUT2D eigenvalue weighted by molar-refractivity contribution is 6.29. The van der Waals surface area contributed by atoms with Crippen molar-refractivity contribution in [2.24, 2.45) is 0 Å². The fourth-order valence-electron chi connectivity index (χ4n) is 6.26. The maximum absolute atomic E-state index is 5.37. The summed E-state index contributed by atoms with van der Waals surface area (Å²) >= 11 is 0. The number of fused-ring (bicyclic) bond motifs is 6. The summed E-state index contributed by atoms with van der Waals surface area (Å²) in [6.07, 6.45) is 0. The van der Waals surface area contributed by atoms with Gasteiger partial charge in [0, 0.05) is 11.1 Å². The van der Waals surface area contributed by atoms with E-state index in [0.717, 1.165) is 28.1 Å². The molecule has 0 saturated carbocycles. The summed E-state index contributed by atoms with van der Waals surface area (Å²) in [4.78, 5) is 5.37. The van der Waals surface area contributed by atoms with E-state index in [1.165, 1.54) is 49.0 Å². The molecular formula is C41H27N. The number of pyridine rings is 1. The summed E-state index contributed by atoms with van der Waals surface area (Å²) in [6, 6.07) is 58.5. The molecule has 0 aliphatic rings. The fraction of sp³-hybridized carbons (Fsp3) is 0. The van der Waals surface area contributed by atoms with Crippen molar-refractivity contribution in [2.45, 2.75) is 0 Å². The first-order valence-corrected chi connectivity index (χ1v) is 14.4. The first-order valence-electron chi connectivity index (χ1n) is 14.4. The smallest absolute Gasteiger partial charge is 0.0722 e. The van der Waals surface area contributed by atoms with Gasteiger partial charge >= 0.3 is 0 Å². The minimum absolute atomic E-state index is 0.968. The molecule has 7 aromatic carbocycles. The van der Waals surface area contributed by atoms with Crippen LogP contribution in [0.5, 0.6) is 0 Å². The van der Waals surface area contributed by atoms with Crippen LogP contribution in [-0.2, 0) is 0 Å². The molecule has 0 saturated heterocycles. The fourth-order valence-corrected chi connectivity index (χ4v) is 6.26. The Hall–Kier alpha value is -5.53. The quantitative estimate of drug-likeness (QED) is 0.205. The summed E-state index contributed by atoms with van der Waals surface area (Å²) < 4.78 is 0. The van der Waals surface area contributed by atoms with Gasteiger partial charge in [-0.25, -0.2) is 4.98 Å². The Morgan fingerprint density at radius 1 is 0.286 bits per heavy atom. The molecule has 0 N–H and O–H groups in total. The Balaban J connectivity index is 1.53. The van der Waals surface area contributed by atoms with Crippen LogP contribution < -0.4 is 0 Å². The van der Waals surface area contributed by atoms with E-state index < -0.39 is 0 Å². The highest BCUT2D eigenvalue weighted by atomic mass is 14.7. The second-order valence-corrected chi connectivity index (χ2v) is 10.8. The molecule has 0 fully saturated rings. The lowest BCUT2D eigenvalue weighted by Gasteiger charge is -2.17. The number of hydrogen-bond acceptors (Lipinski definition) is 1. The Morgan fingerprint density at radius 2 is 0.714 bits per heavy atom. The van der Waals surface area contributed by atoms with Gasteiger partial charge in [-0.15, -0.1) is 0 Å². The molecule has 1 nitrogen and oxygen atoms in total. The van der Waals surface area contributed by atoms with Crippen molar-refractivity contribution in [2.75, 3.05) is 0 Å². The molecule has 0 unspecified atom stereocenters. The molecular weight excluding hydrogens is 506 g/mol. The minimum atomic E-state index is 0.968. The van der Waals surface area contributed by atoms with Crippen LogP contribution in [0.25, 0.3) is 77.1 Å². The SMILES string of the molecule is c1ccc(-c2cc(-c3ccccc3)nc(-c3cc(-c4ccccc4)cc4c5ccccc5c5ccccc5c34)c2)cc1. The van der Waals surface area contributed by atoms with Gasteiger partial charge in [-0.1, -0.05) is 140 Å². The number of benzene rings is 7.